The fourth-order valence-corrected chi connectivity index (χ4v) is 23.3. The molecule has 20 rings (SSSR count). The van der Waals surface area contributed by atoms with E-state index in [0.29, 0.717) is 24.4 Å². The van der Waals surface area contributed by atoms with Gasteiger partial charge in [-0.05, 0) is 143 Å². The zero-order chi connectivity index (χ0) is 72.6. The van der Waals surface area contributed by atoms with Crippen LogP contribution in [0.2, 0.25) is 13.1 Å². The number of hydrogen-bond acceptors (Lipinski definition) is 4. The second-order valence-corrected chi connectivity index (χ2v) is 39.0. The molecule has 12 aromatic rings. The molecule has 0 aromatic heterocycles. The summed E-state index contributed by atoms with van der Waals surface area (Å²) in [7, 11) is 7.57. The van der Waals surface area contributed by atoms with Crippen LogP contribution >= 0.6 is 17.0 Å². The molecule has 12 aromatic carbocycles. The van der Waals surface area contributed by atoms with Crippen molar-refractivity contribution in [1.82, 2.24) is 0 Å². The van der Waals surface area contributed by atoms with Crippen molar-refractivity contribution >= 4 is 123 Å². The van der Waals surface area contributed by atoms with E-state index in [9.17, 15) is 0 Å². The van der Waals surface area contributed by atoms with E-state index in [2.05, 4.69) is 308 Å². The average Bonchev–Trinajstić information content (AvgIpc) is 1.48. The summed E-state index contributed by atoms with van der Waals surface area (Å²) in [6, 6.07) is 63.5. The molecule has 2 radical (unpaired) electrons. The summed E-state index contributed by atoms with van der Waals surface area (Å²) >= 11 is -0.826. The zero-order valence-corrected chi connectivity index (χ0v) is 67.5. The van der Waals surface area contributed by atoms with Gasteiger partial charge in [0.2, 0.25) is 0 Å². The summed E-state index contributed by atoms with van der Waals surface area (Å²) in [6.45, 7) is 14.4. The Kier molecular flexibility index (Phi) is 19.4. The fraction of sp³-hybridized carbons (Fsp3) is 0.224. The van der Waals surface area contributed by atoms with Crippen LogP contribution in [-0.4, -0.2) is 42.0 Å². The molecule has 0 saturated heterocycles. The summed E-state index contributed by atoms with van der Waals surface area (Å²) in [4.78, 5) is 0. The summed E-state index contributed by atoms with van der Waals surface area (Å²) in [6.07, 6.45) is 47.6. The molecule has 4 nitrogen and oxygen atoms in total. The molecule has 4 fully saturated rings. The molecule has 107 heavy (non-hydrogen) atoms. The van der Waals surface area contributed by atoms with Crippen molar-refractivity contribution < 1.29 is 39.8 Å². The Bertz CT molecular complexity index is 5020. The Balaban J connectivity index is 0.000000146. The van der Waals surface area contributed by atoms with Crippen molar-refractivity contribution in [1.29, 1.82) is 0 Å². The van der Waals surface area contributed by atoms with Gasteiger partial charge in [-0.15, -0.1) is 91.6 Å². The van der Waals surface area contributed by atoms with E-state index in [1.54, 1.807) is 0 Å². The first-order valence-electron chi connectivity index (χ1n) is 38.4. The van der Waals surface area contributed by atoms with Gasteiger partial charge in [0.25, 0.3) is 0 Å². The Hall–Kier alpha value is -8.78. The second kappa shape index (κ2) is 29.7. The van der Waals surface area contributed by atoms with Crippen molar-refractivity contribution in [3.8, 4) is 23.0 Å². The van der Waals surface area contributed by atoms with Gasteiger partial charge in [0.1, 0.15) is 23.0 Å². The minimum absolute atomic E-state index is 0.157. The number of rotatable bonds is 16. The third-order valence-electron chi connectivity index (χ3n) is 23.0. The van der Waals surface area contributed by atoms with Crippen LogP contribution in [0.3, 0.4) is 0 Å². The van der Waals surface area contributed by atoms with Crippen LogP contribution in [-0.2, 0) is 20.8 Å². The number of ether oxygens (including phenoxy) is 4. The molecule has 4 saturated carbocycles. The van der Waals surface area contributed by atoms with E-state index in [0.717, 1.165) is 74.4 Å². The number of fused-ring (bicyclic) bond motifs is 8. The average molecular weight is 1550 g/mol. The zero-order valence-electron chi connectivity index (χ0n) is 61.6. The Morgan fingerprint density at radius 2 is 0.523 bits per heavy atom. The SMILES string of the molecule is Cc1cc2c([c-]1[Si](C)[c-]1c(C)cc3c1C=CC=CC3c1cc(OC3CC3)c3ccccc3c1)C=CC=CC2c1cc(OC2CC2)c2ccccc2c1.Cc1cc2c([c-]1[Si](C)[c-]1c(C)cc3c1C=CC=CC3c1cc(OC3CC3)c3ccccc3c1)C=CC=CC2c1cc(OC2CC2)c2ccccc2c1.[Cl][Zr][Cl]. The molecule has 0 heterocycles. The monoisotopic (exact) mass is 1540 g/mol. The quantitative estimate of drug-likeness (QED) is 0.0714. The van der Waals surface area contributed by atoms with Crippen LogP contribution in [0.25, 0.3) is 67.4 Å². The number of allylic oxidation sites excluding steroid dienone is 12. The third-order valence-corrected chi connectivity index (χ3v) is 28.7. The van der Waals surface area contributed by atoms with Gasteiger partial charge in [-0.25, -0.2) is 0 Å². The standard InChI is InChI=1S/2C49H43O2Si.2ClH.Zr/c2*1-30-24-44-38(34-26-32-12-4-6-16-40(32)46(28-34)50-36-20-21-36)14-8-10-18-42(44)48(30)52(3)49-31(2)25-45-39(15-9-11-19-43(45)49)35-27-33-13-5-7-17-41(33)47(29-35)51-37-22-23-37;;;/h2*4-19,24-29,36-39H,20-23H2,1-3H3;2*1H;/q2*-2;;;+2/p-2. The maximum atomic E-state index is 6.52. The molecule has 9 heteroatoms. The van der Waals surface area contributed by atoms with Crippen LogP contribution < -0.4 is 39.7 Å². The van der Waals surface area contributed by atoms with E-state index >= 15 is 0 Å². The number of benzene rings is 8. The van der Waals surface area contributed by atoms with Crippen molar-refractivity contribution in [3.05, 3.63) is 332 Å². The van der Waals surface area contributed by atoms with E-state index < -0.39 is 38.4 Å². The number of hydrogen-bond donors (Lipinski definition) is 0. The predicted molar refractivity (Wildman–Crippen MR) is 451 cm³/mol. The number of halogens is 2. The van der Waals surface area contributed by atoms with E-state index in [-0.39, 0.29) is 23.7 Å². The van der Waals surface area contributed by atoms with Gasteiger partial charge in [-0.3, -0.25) is 0 Å². The molecule has 0 amide bonds. The fourth-order valence-electron chi connectivity index (χ4n) is 17.6. The molecule has 0 aliphatic heterocycles. The summed E-state index contributed by atoms with van der Waals surface area (Å²) in [5.41, 5.74) is 22.0. The van der Waals surface area contributed by atoms with Gasteiger partial charge in [0, 0.05) is 39.1 Å². The van der Waals surface area contributed by atoms with E-state index in [1.165, 1.54) is 153 Å². The maximum absolute atomic E-state index is 6.52. The summed E-state index contributed by atoms with van der Waals surface area (Å²) in [5, 5.41) is 15.9. The first kappa shape index (κ1) is 69.9. The van der Waals surface area contributed by atoms with Gasteiger partial charge in [0.05, 0.1) is 24.4 Å². The number of aryl methyl sites for hydroxylation is 4. The van der Waals surface area contributed by atoms with Crippen molar-refractivity contribution in [2.24, 2.45) is 0 Å². The summed E-state index contributed by atoms with van der Waals surface area (Å²) in [5.74, 6) is 4.72. The van der Waals surface area contributed by atoms with Gasteiger partial charge >= 0.3 is 37.9 Å². The van der Waals surface area contributed by atoms with Crippen LogP contribution in [0.1, 0.15) is 164 Å². The van der Waals surface area contributed by atoms with Gasteiger partial charge in [-0.1, -0.05) is 211 Å². The normalized spacial score (nSPS) is 18.8. The summed E-state index contributed by atoms with van der Waals surface area (Å²) < 4.78 is 26.1. The molecular weight excluding hydrogens is 1460 g/mol. The molecule has 4 unspecified atom stereocenters. The van der Waals surface area contributed by atoms with Crippen molar-refractivity contribution in [2.75, 3.05) is 0 Å². The molecule has 8 aliphatic rings. The minimum atomic E-state index is -1.15. The van der Waals surface area contributed by atoms with Gasteiger partial charge in [0.15, 0.2) is 0 Å². The second-order valence-electron chi connectivity index (χ2n) is 30.7. The van der Waals surface area contributed by atoms with E-state index in [1.807, 2.05) is 0 Å². The van der Waals surface area contributed by atoms with Gasteiger partial charge in [-0.2, -0.15) is 68.8 Å². The topological polar surface area (TPSA) is 36.9 Å². The molecular formula is C98H86Cl2O4Si2Zr-4. The first-order chi connectivity index (χ1) is 52.4. The Morgan fingerprint density at radius 1 is 0.308 bits per heavy atom. The molecule has 0 N–H and O–H groups in total. The van der Waals surface area contributed by atoms with Crippen LogP contribution in [0.15, 0.2) is 243 Å². The van der Waals surface area contributed by atoms with Crippen molar-refractivity contribution in [3.63, 3.8) is 0 Å². The molecule has 4 atom stereocenters. The Morgan fingerprint density at radius 3 is 0.738 bits per heavy atom. The molecule has 532 valence electrons. The molecule has 8 aliphatic carbocycles. The third kappa shape index (κ3) is 14.0. The molecule has 0 spiro atoms. The van der Waals surface area contributed by atoms with Crippen molar-refractivity contribution in [2.45, 2.75) is 140 Å². The first-order valence-corrected chi connectivity index (χ1v) is 48.8. The van der Waals surface area contributed by atoms with Gasteiger partial charge < -0.3 is 18.9 Å². The van der Waals surface area contributed by atoms with Crippen LogP contribution in [0.5, 0.6) is 23.0 Å². The van der Waals surface area contributed by atoms with Crippen LogP contribution in [0.4, 0.5) is 0 Å². The van der Waals surface area contributed by atoms with E-state index in [4.69, 9.17) is 36.0 Å². The Labute approximate surface area is 652 Å². The van der Waals surface area contributed by atoms with Crippen LogP contribution in [0, 0.1) is 27.7 Å². The molecule has 0 bridgehead atoms. The predicted octanol–water partition coefficient (Wildman–Crippen LogP) is 23.0.